The Balaban J connectivity index is 2.98. The van der Waals surface area contributed by atoms with Gasteiger partial charge in [0.05, 0.1) is 6.10 Å². The van der Waals surface area contributed by atoms with Crippen LogP contribution in [0, 0.1) is 0 Å². The summed E-state index contributed by atoms with van der Waals surface area (Å²) in [6.07, 6.45) is 21.8. The normalized spacial score (nSPS) is 12.5. The lowest BCUT2D eigenvalue weighted by Crippen LogP contribution is -2.04. The van der Waals surface area contributed by atoms with Crippen LogP contribution in [0.1, 0.15) is 104 Å². The first-order valence-electron chi connectivity index (χ1n) is 9.55. The fraction of sp³-hybridized carbons (Fsp3) is 0.900. The van der Waals surface area contributed by atoms with Crippen molar-refractivity contribution in [1.29, 1.82) is 0 Å². The Hall–Kier alpha value is -0.300. The SMILES string of the molecule is C=C[C@H](C)OCCCCCCCCCCCCCCCC. The summed E-state index contributed by atoms with van der Waals surface area (Å²) in [5, 5.41) is 0. The summed E-state index contributed by atoms with van der Waals surface area (Å²) in [6, 6.07) is 0. The molecule has 0 aromatic heterocycles. The monoisotopic (exact) mass is 296 g/mol. The van der Waals surface area contributed by atoms with Crippen LogP contribution in [-0.4, -0.2) is 12.7 Å². The van der Waals surface area contributed by atoms with Gasteiger partial charge in [-0.05, 0) is 13.3 Å². The van der Waals surface area contributed by atoms with Gasteiger partial charge in [-0.3, -0.25) is 0 Å². The van der Waals surface area contributed by atoms with Crippen molar-refractivity contribution in [1.82, 2.24) is 0 Å². The molecule has 0 saturated carbocycles. The first-order chi connectivity index (χ1) is 10.3. The van der Waals surface area contributed by atoms with Crippen LogP contribution in [0.15, 0.2) is 12.7 Å². The fourth-order valence-electron chi connectivity index (χ4n) is 2.63. The van der Waals surface area contributed by atoms with Crippen molar-refractivity contribution in [3.63, 3.8) is 0 Å². The van der Waals surface area contributed by atoms with Crippen molar-refractivity contribution in [2.45, 2.75) is 110 Å². The van der Waals surface area contributed by atoms with E-state index in [2.05, 4.69) is 20.4 Å². The molecule has 0 saturated heterocycles. The van der Waals surface area contributed by atoms with E-state index in [1.807, 2.05) is 6.08 Å². The van der Waals surface area contributed by atoms with E-state index >= 15 is 0 Å². The third kappa shape index (κ3) is 17.6. The van der Waals surface area contributed by atoms with Gasteiger partial charge in [0.25, 0.3) is 0 Å². The predicted octanol–water partition coefficient (Wildman–Crippen LogP) is 7.06. The van der Waals surface area contributed by atoms with Gasteiger partial charge in [-0.2, -0.15) is 0 Å². The summed E-state index contributed by atoms with van der Waals surface area (Å²) in [5.41, 5.74) is 0. The summed E-state index contributed by atoms with van der Waals surface area (Å²) in [4.78, 5) is 0. The highest BCUT2D eigenvalue weighted by molar-refractivity contribution is 4.74. The largest absolute Gasteiger partial charge is 0.374 e. The molecule has 0 heterocycles. The van der Waals surface area contributed by atoms with E-state index in [-0.39, 0.29) is 6.10 Å². The second kappa shape index (κ2) is 17.8. The maximum absolute atomic E-state index is 5.58. The van der Waals surface area contributed by atoms with E-state index in [1.54, 1.807) is 0 Å². The number of unbranched alkanes of at least 4 members (excludes halogenated alkanes) is 13. The molecule has 0 aliphatic carbocycles. The maximum Gasteiger partial charge on any atom is 0.0725 e. The number of ether oxygens (including phenoxy) is 1. The predicted molar refractivity (Wildman–Crippen MR) is 95.9 cm³/mol. The molecule has 0 amide bonds. The van der Waals surface area contributed by atoms with Crippen molar-refractivity contribution in [2.24, 2.45) is 0 Å². The van der Waals surface area contributed by atoms with E-state index in [0.29, 0.717) is 0 Å². The molecule has 1 nitrogen and oxygen atoms in total. The Morgan fingerprint density at radius 2 is 1.10 bits per heavy atom. The highest BCUT2D eigenvalue weighted by Crippen LogP contribution is 2.13. The average molecular weight is 297 g/mol. The van der Waals surface area contributed by atoms with Crippen LogP contribution in [0.3, 0.4) is 0 Å². The molecule has 1 heteroatoms. The van der Waals surface area contributed by atoms with E-state index in [9.17, 15) is 0 Å². The van der Waals surface area contributed by atoms with Crippen LogP contribution >= 0.6 is 0 Å². The molecule has 1 atom stereocenters. The van der Waals surface area contributed by atoms with Crippen LogP contribution in [-0.2, 0) is 4.74 Å². The third-order valence-electron chi connectivity index (χ3n) is 4.21. The quantitative estimate of drug-likeness (QED) is 0.206. The van der Waals surface area contributed by atoms with E-state index in [0.717, 1.165) is 6.61 Å². The van der Waals surface area contributed by atoms with Crippen LogP contribution in [0.4, 0.5) is 0 Å². The Morgan fingerprint density at radius 1 is 0.714 bits per heavy atom. The molecule has 21 heavy (non-hydrogen) atoms. The standard InChI is InChI=1S/C20H40O/c1-4-6-7-8-9-10-11-12-13-14-15-16-17-18-19-21-20(3)5-2/h5,20H,2,4,6-19H2,1,3H3/t20-/m0/s1. The summed E-state index contributed by atoms with van der Waals surface area (Å²) in [7, 11) is 0. The van der Waals surface area contributed by atoms with Crippen molar-refractivity contribution in [3.8, 4) is 0 Å². The molecule has 0 bridgehead atoms. The van der Waals surface area contributed by atoms with Gasteiger partial charge < -0.3 is 4.74 Å². The van der Waals surface area contributed by atoms with E-state index < -0.39 is 0 Å². The summed E-state index contributed by atoms with van der Waals surface area (Å²) in [6.45, 7) is 8.96. The molecule has 0 N–H and O–H groups in total. The molecular formula is C20H40O. The van der Waals surface area contributed by atoms with Crippen LogP contribution in [0.25, 0.3) is 0 Å². The zero-order valence-electron chi connectivity index (χ0n) is 14.9. The molecule has 0 radical (unpaired) electrons. The molecular weight excluding hydrogens is 256 g/mol. The zero-order valence-corrected chi connectivity index (χ0v) is 14.9. The second-order valence-corrected chi connectivity index (χ2v) is 6.41. The van der Waals surface area contributed by atoms with Gasteiger partial charge in [0.15, 0.2) is 0 Å². The van der Waals surface area contributed by atoms with Crippen LogP contribution < -0.4 is 0 Å². The molecule has 0 aromatic carbocycles. The molecule has 0 aliphatic rings. The molecule has 0 spiro atoms. The minimum atomic E-state index is 0.215. The van der Waals surface area contributed by atoms with E-state index in [1.165, 1.54) is 89.9 Å². The molecule has 0 unspecified atom stereocenters. The van der Waals surface area contributed by atoms with Gasteiger partial charge in [-0.15, -0.1) is 6.58 Å². The fourth-order valence-corrected chi connectivity index (χ4v) is 2.63. The summed E-state index contributed by atoms with van der Waals surface area (Å²) < 4.78 is 5.58. The summed E-state index contributed by atoms with van der Waals surface area (Å²) in [5.74, 6) is 0. The van der Waals surface area contributed by atoms with E-state index in [4.69, 9.17) is 4.74 Å². The van der Waals surface area contributed by atoms with Crippen LogP contribution in [0.2, 0.25) is 0 Å². The van der Waals surface area contributed by atoms with Crippen molar-refractivity contribution >= 4 is 0 Å². The molecule has 0 aromatic rings. The lowest BCUT2D eigenvalue weighted by Gasteiger charge is -2.07. The average Bonchev–Trinajstić information content (AvgIpc) is 2.50. The Labute approximate surface area is 134 Å². The third-order valence-corrected chi connectivity index (χ3v) is 4.21. The zero-order chi connectivity index (χ0) is 15.6. The van der Waals surface area contributed by atoms with Crippen molar-refractivity contribution in [2.75, 3.05) is 6.61 Å². The second-order valence-electron chi connectivity index (χ2n) is 6.41. The van der Waals surface area contributed by atoms with Gasteiger partial charge in [-0.25, -0.2) is 0 Å². The highest BCUT2D eigenvalue weighted by atomic mass is 16.5. The number of hydrogen-bond donors (Lipinski definition) is 0. The Morgan fingerprint density at radius 3 is 1.48 bits per heavy atom. The molecule has 0 fully saturated rings. The number of rotatable bonds is 17. The summed E-state index contributed by atoms with van der Waals surface area (Å²) >= 11 is 0. The minimum absolute atomic E-state index is 0.215. The van der Waals surface area contributed by atoms with Gasteiger partial charge in [0.1, 0.15) is 0 Å². The van der Waals surface area contributed by atoms with Gasteiger partial charge in [-0.1, -0.05) is 96.5 Å². The maximum atomic E-state index is 5.58. The Bertz CT molecular complexity index is 200. The first-order valence-corrected chi connectivity index (χ1v) is 9.55. The topological polar surface area (TPSA) is 9.23 Å². The molecule has 126 valence electrons. The van der Waals surface area contributed by atoms with Crippen molar-refractivity contribution < 1.29 is 4.74 Å². The number of hydrogen-bond acceptors (Lipinski definition) is 1. The lowest BCUT2D eigenvalue weighted by molar-refractivity contribution is 0.0941. The van der Waals surface area contributed by atoms with Crippen LogP contribution in [0.5, 0.6) is 0 Å². The molecule has 0 aliphatic heterocycles. The van der Waals surface area contributed by atoms with Crippen molar-refractivity contribution in [3.05, 3.63) is 12.7 Å². The minimum Gasteiger partial charge on any atom is -0.374 e. The smallest absolute Gasteiger partial charge is 0.0725 e. The first kappa shape index (κ1) is 20.7. The van der Waals surface area contributed by atoms with Gasteiger partial charge in [0, 0.05) is 6.61 Å². The van der Waals surface area contributed by atoms with Gasteiger partial charge in [0.2, 0.25) is 0 Å². The van der Waals surface area contributed by atoms with Gasteiger partial charge >= 0.3 is 0 Å². The molecule has 0 rings (SSSR count). The lowest BCUT2D eigenvalue weighted by atomic mass is 10.0. The Kier molecular flexibility index (Phi) is 17.5. The highest BCUT2D eigenvalue weighted by Gasteiger charge is 1.96.